The van der Waals surface area contributed by atoms with Crippen LogP contribution >= 0.6 is 0 Å². The second-order valence-corrected chi connectivity index (χ2v) is 2.75. The maximum Gasteiger partial charge on any atom is 0.236 e. The molecule has 1 aromatic rings. The zero-order chi connectivity index (χ0) is 9.73. The minimum Gasteiger partial charge on any atom is -0.211 e. The molecule has 0 amide bonds. The van der Waals surface area contributed by atoms with Gasteiger partial charge in [0.2, 0.25) is 6.08 Å². The van der Waals surface area contributed by atoms with Crippen LogP contribution in [0.5, 0.6) is 0 Å². The van der Waals surface area contributed by atoms with Crippen LogP contribution in [0.3, 0.4) is 0 Å². The summed E-state index contributed by atoms with van der Waals surface area (Å²) in [6.45, 7) is 1.58. The van der Waals surface area contributed by atoms with Gasteiger partial charge in [0.15, 0.2) is 5.54 Å². The molecular weight excluding hydrogens is 164 g/mol. The molecule has 0 fully saturated rings. The van der Waals surface area contributed by atoms with E-state index in [1.54, 1.807) is 31.2 Å². The van der Waals surface area contributed by atoms with Gasteiger partial charge in [0.25, 0.3) is 0 Å². The number of isocyanates is 1. The van der Waals surface area contributed by atoms with Crippen LogP contribution in [0.15, 0.2) is 35.3 Å². The van der Waals surface area contributed by atoms with Crippen molar-refractivity contribution in [3.05, 3.63) is 35.9 Å². The van der Waals surface area contributed by atoms with Gasteiger partial charge in [-0.15, -0.1) is 0 Å². The lowest BCUT2D eigenvalue weighted by atomic mass is 9.95. The third-order valence-electron chi connectivity index (χ3n) is 1.82. The van der Waals surface area contributed by atoms with Gasteiger partial charge in [0, 0.05) is 0 Å². The minimum absolute atomic E-state index is 0.695. The van der Waals surface area contributed by atoms with E-state index in [0.29, 0.717) is 5.56 Å². The summed E-state index contributed by atoms with van der Waals surface area (Å²) < 4.78 is 0. The Morgan fingerprint density at radius 2 is 2.00 bits per heavy atom. The molecule has 0 heterocycles. The lowest BCUT2D eigenvalue weighted by Gasteiger charge is -2.13. The number of nitriles is 1. The Morgan fingerprint density at radius 1 is 1.38 bits per heavy atom. The van der Waals surface area contributed by atoms with E-state index in [0.717, 1.165) is 0 Å². The second-order valence-electron chi connectivity index (χ2n) is 2.75. The molecule has 0 saturated carbocycles. The first-order valence-corrected chi connectivity index (χ1v) is 3.79. The second kappa shape index (κ2) is 3.66. The fourth-order valence-corrected chi connectivity index (χ4v) is 1.01. The van der Waals surface area contributed by atoms with Crippen LogP contribution in [-0.4, -0.2) is 6.08 Å². The van der Waals surface area contributed by atoms with E-state index in [2.05, 4.69) is 4.99 Å². The Hall–Kier alpha value is -1.91. The van der Waals surface area contributed by atoms with Crippen LogP contribution in [0.25, 0.3) is 0 Å². The molecule has 0 N–H and O–H groups in total. The van der Waals surface area contributed by atoms with Gasteiger partial charge < -0.3 is 0 Å². The highest BCUT2D eigenvalue weighted by Gasteiger charge is 2.24. The number of nitrogens with zero attached hydrogens (tertiary/aromatic N) is 2. The van der Waals surface area contributed by atoms with E-state index in [4.69, 9.17) is 5.26 Å². The summed E-state index contributed by atoms with van der Waals surface area (Å²) in [5, 5.41) is 8.85. The number of rotatable bonds is 2. The van der Waals surface area contributed by atoms with Gasteiger partial charge in [-0.25, -0.2) is 4.79 Å². The number of aliphatic imine (C=N–C) groups is 1. The fraction of sp³-hybridized carbons (Fsp3) is 0.200. The first-order valence-electron chi connectivity index (χ1n) is 3.79. The van der Waals surface area contributed by atoms with Crippen LogP contribution in [0.4, 0.5) is 0 Å². The van der Waals surface area contributed by atoms with Gasteiger partial charge in [-0.05, 0) is 12.5 Å². The van der Waals surface area contributed by atoms with Gasteiger partial charge in [0.1, 0.15) is 0 Å². The molecule has 0 spiro atoms. The van der Waals surface area contributed by atoms with Crippen LogP contribution in [0.1, 0.15) is 12.5 Å². The highest BCUT2D eigenvalue weighted by atomic mass is 16.1. The summed E-state index contributed by atoms with van der Waals surface area (Å²) in [4.78, 5) is 13.6. The molecule has 0 aliphatic rings. The average molecular weight is 172 g/mol. The molecule has 0 aliphatic heterocycles. The average Bonchev–Trinajstić information content (AvgIpc) is 2.19. The lowest BCUT2D eigenvalue weighted by Crippen LogP contribution is -2.15. The molecule has 13 heavy (non-hydrogen) atoms. The maximum absolute atomic E-state index is 10.1. The van der Waals surface area contributed by atoms with E-state index < -0.39 is 5.54 Å². The first kappa shape index (κ1) is 9.18. The monoisotopic (exact) mass is 172 g/mol. The Bertz CT molecular complexity index is 374. The molecule has 0 radical (unpaired) electrons. The van der Waals surface area contributed by atoms with Crippen molar-refractivity contribution in [2.75, 3.05) is 0 Å². The molecule has 1 aromatic carbocycles. The summed E-state index contributed by atoms with van der Waals surface area (Å²) in [6, 6.07) is 10.9. The topological polar surface area (TPSA) is 53.2 Å². The van der Waals surface area contributed by atoms with E-state index >= 15 is 0 Å². The van der Waals surface area contributed by atoms with E-state index in [1.165, 1.54) is 6.08 Å². The van der Waals surface area contributed by atoms with Gasteiger partial charge in [-0.1, -0.05) is 30.3 Å². The van der Waals surface area contributed by atoms with Crippen LogP contribution in [0, 0.1) is 11.3 Å². The highest BCUT2D eigenvalue weighted by molar-refractivity contribution is 5.41. The van der Waals surface area contributed by atoms with Crippen molar-refractivity contribution in [3.63, 3.8) is 0 Å². The molecule has 0 aliphatic carbocycles. The molecular formula is C10H8N2O. The van der Waals surface area contributed by atoms with Crippen molar-refractivity contribution in [1.82, 2.24) is 0 Å². The third-order valence-corrected chi connectivity index (χ3v) is 1.82. The van der Waals surface area contributed by atoms with E-state index in [9.17, 15) is 4.79 Å². The van der Waals surface area contributed by atoms with Crippen molar-refractivity contribution in [1.29, 1.82) is 5.26 Å². The summed E-state index contributed by atoms with van der Waals surface area (Å²) in [6.07, 6.45) is 1.41. The fourth-order valence-electron chi connectivity index (χ4n) is 1.01. The van der Waals surface area contributed by atoms with Crippen molar-refractivity contribution < 1.29 is 4.79 Å². The maximum atomic E-state index is 10.1. The number of carbonyl (C=O) groups excluding carboxylic acids is 1. The Balaban J connectivity index is 3.20. The lowest BCUT2D eigenvalue weighted by molar-refractivity contribution is 0.549. The summed E-state index contributed by atoms with van der Waals surface area (Å²) in [7, 11) is 0. The number of benzene rings is 1. The summed E-state index contributed by atoms with van der Waals surface area (Å²) in [5.74, 6) is 0. The van der Waals surface area contributed by atoms with Crippen molar-refractivity contribution in [2.24, 2.45) is 4.99 Å². The zero-order valence-electron chi connectivity index (χ0n) is 7.19. The molecule has 64 valence electrons. The first-order chi connectivity index (χ1) is 6.23. The predicted octanol–water partition coefficient (Wildman–Crippen LogP) is 1.76. The summed E-state index contributed by atoms with van der Waals surface area (Å²) in [5.41, 5.74) is -0.413. The summed E-state index contributed by atoms with van der Waals surface area (Å²) >= 11 is 0. The molecule has 0 bridgehead atoms. The number of hydrogen-bond acceptors (Lipinski definition) is 3. The van der Waals surface area contributed by atoms with Gasteiger partial charge in [0.05, 0.1) is 6.07 Å². The number of hydrogen-bond donors (Lipinski definition) is 0. The normalized spacial score (nSPS) is 13.5. The Morgan fingerprint density at radius 3 is 2.46 bits per heavy atom. The van der Waals surface area contributed by atoms with Gasteiger partial charge in [-0.2, -0.15) is 10.3 Å². The molecule has 0 saturated heterocycles. The molecule has 1 rings (SSSR count). The van der Waals surface area contributed by atoms with E-state index in [-0.39, 0.29) is 0 Å². The molecule has 0 unspecified atom stereocenters. The smallest absolute Gasteiger partial charge is 0.211 e. The Kier molecular flexibility index (Phi) is 2.59. The molecule has 3 nitrogen and oxygen atoms in total. The minimum atomic E-state index is -1.11. The van der Waals surface area contributed by atoms with Crippen molar-refractivity contribution in [2.45, 2.75) is 12.5 Å². The third kappa shape index (κ3) is 1.81. The van der Waals surface area contributed by atoms with Gasteiger partial charge >= 0.3 is 0 Å². The van der Waals surface area contributed by atoms with Crippen molar-refractivity contribution >= 4 is 6.08 Å². The standard InChI is InChI=1S/C10H8N2O/c1-10(7-11,12-8-13)9-5-3-2-4-6-9/h2-6H,1H3/t10-/m1/s1. The van der Waals surface area contributed by atoms with Gasteiger partial charge in [-0.3, -0.25) is 0 Å². The zero-order valence-corrected chi connectivity index (χ0v) is 7.19. The predicted molar refractivity (Wildman–Crippen MR) is 47.5 cm³/mol. The quantitative estimate of drug-likeness (QED) is 0.504. The van der Waals surface area contributed by atoms with Crippen LogP contribution in [-0.2, 0) is 10.3 Å². The largest absolute Gasteiger partial charge is 0.236 e. The highest BCUT2D eigenvalue weighted by Crippen LogP contribution is 2.23. The Labute approximate surface area is 76.3 Å². The SMILES string of the molecule is C[C@](C#N)(N=C=O)c1ccccc1. The molecule has 1 atom stereocenters. The molecule has 0 aromatic heterocycles. The van der Waals surface area contributed by atoms with Crippen LogP contribution < -0.4 is 0 Å². The van der Waals surface area contributed by atoms with Crippen molar-refractivity contribution in [3.8, 4) is 6.07 Å². The molecule has 3 heteroatoms. The van der Waals surface area contributed by atoms with Crippen LogP contribution in [0.2, 0.25) is 0 Å². The van der Waals surface area contributed by atoms with E-state index in [1.807, 2.05) is 12.1 Å².